The van der Waals surface area contributed by atoms with Crippen LogP contribution in [0, 0.1) is 6.92 Å². The van der Waals surface area contributed by atoms with Crippen LogP contribution in [0.5, 0.6) is 0 Å². The lowest BCUT2D eigenvalue weighted by Gasteiger charge is -2.17. The summed E-state index contributed by atoms with van der Waals surface area (Å²) in [6.07, 6.45) is 1.64. The largest absolute Gasteiger partial charge is 0.321 e. The first-order chi connectivity index (χ1) is 24.7. The number of halogens is 2. The first kappa shape index (κ1) is 35.6. The van der Waals surface area contributed by atoms with E-state index >= 15 is 0 Å². The summed E-state index contributed by atoms with van der Waals surface area (Å²) in [6, 6.07) is 38.2. The maximum absolute atomic E-state index is 13.7. The van der Waals surface area contributed by atoms with Crippen molar-refractivity contribution in [3.63, 3.8) is 0 Å². The third-order valence-electron chi connectivity index (χ3n) is 7.53. The molecule has 0 bridgehead atoms. The number of carbonyl (C=O) groups excluding carboxylic acids is 3. The Bertz CT molecular complexity index is 2210. The quantitative estimate of drug-likeness (QED) is 0.0905. The van der Waals surface area contributed by atoms with Gasteiger partial charge in [0.05, 0.1) is 10.7 Å². The predicted octanol–water partition coefficient (Wildman–Crippen LogP) is 10.3. The summed E-state index contributed by atoms with van der Waals surface area (Å²) in [5.74, 6) is -1.12. The van der Waals surface area contributed by atoms with Crippen molar-refractivity contribution in [2.75, 3.05) is 10.6 Å². The number of benzene rings is 5. The number of carbonyl (C=O) groups is 3. The summed E-state index contributed by atoms with van der Waals surface area (Å²) in [5, 5.41) is 11.3. The third kappa shape index (κ3) is 9.53. The number of nitrogens with zero attached hydrogens (tertiary/aromatic N) is 1. The Labute approximate surface area is 313 Å². The normalized spacial score (nSPS) is 11.8. The van der Waals surface area contributed by atoms with Crippen LogP contribution in [-0.2, 0) is 9.59 Å². The van der Waals surface area contributed by atoms with Gasteiger partial charge in [0, 0.05) is 32.1 Å². The van der Waals surface area contributed by atoms with Gasteiger partial charge < -0.3 is 16.0 Å². The topological polar surface area (TPSA) is 100 Å². The lowest BCUT2D eigenvalue weighted by molar-refractivity contribution is -0.116. The van der Waals surface area contributed by atoms with E-state index in [4.69, 9.17) is 23.2 Å². The molecule has 11 heteroatoms. The smallest absolute Gasteiger partial charge is 0.272 e. The first-order valence-electron chi connectivity index (χ1n) is 15.7. The number of hydrogen-bond donors (Lipinski definition) is 3. The highest BCUT2D eigenvalue weighted by molar-refractivity contribution is 8.00. The number of nitrogens with one attached hydrogen (secondary N) is 3. The second-order valence-corrected chi connectivity index (χ2v) is 14.2. The number of thioether (sulfide) groups is 1. The summed E-state index contributed by atoms with van der Waals surface area (Å²) in [5.41, 5.74) is 5.00. The number of amides is 3. The molecule has 0 aliphatic carbocycles. The van der Waals surface area contributed by atoms with Crippen LogP contribution in [0.15, 0.2) is 143 Å². The van der Waals surface area contributed by atoms with Crippen molar-refractivity contribution in [2.24, 2.45) is 0 Å². The van der Waals surface area contributed by atoms with E-state index in [0.717, 1.165) is 27.1 Å². The van der Waals surface area contributed by atoms with Gasteiger partial charge in [-0.1, -0.05) is 102 Å². The van der Waals surface area contributed by atoms with Crippen molar-refractivity contribution in [1.82, 2.24) is 10.3 Å². The van der Waals surface area contributed by atoms with Crippen LogP contribution in [0.4, 0.5) is 10.8 Å². The van der Waals surface area contributed by atoms with Gasteiger partial charge in [-0.2, -0.15) is 0 Å². The lowest BCUT2D eigenvalue weighted by atomic mass is 10.1. The zero-order chi connectivity index (χ0) is 35.7. The Hall–Kier alpha value is -5.19. The molecule has 1 atom stereocenters. The van der Waals surface area contributed by atoms with Crippen LogP contribution in [0.25, 0.3) is 17.3 Å². The molecule has 5 aromatic carbocycles. The Morgan fingerprint density at radius 1 is 0.804 bits per heavy atom. The van der Waals surface area contributed by atoms with Gasteiger partial charge in [0.15, 0.2) is 5.13 Å². The summed E-state index contributed by atoms with van der Waals surface area (Å²) in [6.45, 7) is 1.96. The molecule has 0 saturated carbocycles. The summed E-state index contributed by atoms with van der Waals surface area (Å²) < 4.78 is 0. The zero-order valence-electron chi connectivity index (χ0n) is 27.1. The maximum atomic E-state index is 13.7. The second-order valence-electron chi connectivity index (χ2n) is 11.3. The molecule has 0 aliphatic rings. The van der Waals surface area contributed by atoms with Crippen molar-refractivity contribution < 1.29 is 14.4 Å². The van der Waals surface area contributed by atoms with E-state index in [2.05, 4.69) is 20.9 Å². The van der Waals surface area contributed by atoms with Gasteiger partial charge in [0.1, 0.15) is 10.9 Å². The average molecular weight is 750 g/mol. The minimum absolute atomic E-state index is 0.0948. The van der Waals surface area contributed by atoms with Crippen molar-refractivity contribution in [3.8, 4) is 11.3 Å². The number of aromatic nitrogens is 1. The Morgan fingerprint density at radius 3 is 2.24 bits per heavy atom. The van der Waals surface area contributed by atoms with E-state index in [-0.39, 0.29) is 11.6 Å². The first-order valence-corrected chi connectivity index (χ1v) is 18.2. The molecule has 0 radical (unpaired) electrons. The lowest BCUT2D eigenvalue weighted by Crippen LogP contribution is -2.30. The summed E-state index contributed by atoms with van der Waals surface area (Å²) in [4.78, 5) is 45.7. The molecular weight excluding hydrogens is 720 g/mol. The molecule has 6 aromatic rings. The van der Waals surface area contributed by atoms with Crippen molar-refractivity contribution in [2.45, 2.75) is 17.1 Å². The fourth-order valence-electron chi connectivity index (χ4n) is 5.04. The Morgan fingerprint density at radius 2 is 1.53 bits per heavy atom. The fraction of sp³-hybridized carbons (Fsp3) is 0.0500. The molecule has 51 heavy (non-hydrogen) atoms. The minimum Gasteiger partial charge on any atom is -0.321 e. The van der Waals surface area contributed by atoms with Crippen LogP contribution < -0.4 is 16.0 Å². The molecule has 1 aromatic heterocycles. The van der Waals surface area contributed by atoms with Crippen LogP contribution in [-0.4, -0.2) is 22.7 Å². The van der Waals surface area contributed by atoms with E-state index < -0.39 is 17.1 Å². The van der Waals surface area contributed by atoms with Crippen molar-refractivity contribution in [3.05, 3.63) is 171 Å². The highest BCUT2D eigenvalue weighted by atomic mass is 35.5. The SMILES string of the molecule is Cc1cccc(/C=C(\NC(=O)c2ccccc2)C(=O)Nc2ccc(SC(C(=O)Nc3nc(-c4ccc(Cl)cc4Cl)cs3)c3ccccc3)cc2)c1. The zero-order valence-corrected chi connectivity index (χ0v) is 30.2. The van der Waals surface area contributed by atoms with Crippen molar-refractivity contribution >= 4 is 80.9 Å². The van der Waals surface area contributed by atoms with Crippen molar-refractivity contribution in [1.29, 1.82) is 0 Å². The Balaban J connectivity index is 1.17. The van der Waals surface area contributed by atoms with Gasteiger partial charge in [0.2, 0.25) is 5.91 Å². The standard InChI is InChI=1S/C40H30Cl2N4O3S2/c1-25-9-8-10-26(21-25)22-34(44-37(47)28-13-6-3-7-14-28)38(48)43-30-16-18-31(19-17-30)51-36(27-11-4-2-5-12-27)39(49)46-40-45-35(24-50-40)32-20-15-29(41)23-33(32)42/h2-24,36H,1H3,(H,43,48)(H,44,47)(H,45,46,49)/b34-22-. The molecule has 254 valence electrons. The van der Waals surface area contributed by atoms with Gasteiger partial charge in [-0.15, -0.1) is 23.1 Å². The molecule has 0 aliphatic heterocycles. The van der Waals surface area contributed by atoms with E-state index in [0.29, 0.717) is 32.1 Å². The van der Waals surface area contributed by atoms with E-state index in [1.165, 1.54) is 23.1 Å². The number of rotatable bonds is 11. The van der Waals surface area contributed by atoms with Gasteiger partial charge in [-0.25, -0.2) is 4.98 Å². The van der Waals surface area contributed by atoms with E-state index in [1.807, 2.05) is 85.1 Å². The van der Waals surface area contributed by atoms with Gasteiger partial charge >= 0.3 is 0 Å². The fourth-order valence-corrected chi connectivity index (χ4v) is 7.29. The maximum Gasteiger partial charge on any atom is 0.272 e. The molecule has 6 rings (SSSR count). The monoisotopic (exact) mass is 748 g/mol. The summed E-state index contributed by atoms with van der Waals surface area (Å²) >= 11 is 15.1. The molecule has 0 fully saturated rings. The van der Waals surface area contributed by atoms with Gasteiger partial charge in [-0.3, -0.25) is 14.4 Å². The van der Waals surface area contributed by atoms with Gasteiger partial charge in [-0.05, 0) is 78.7 Å². The molecule has 1 heterocycles. The average Bonchev–Trinajstić information content (AvgIpc) is 3.59. The third-order valence-corrected chi connectivity index (χ3v) is 10.1. The van der Waals surface area contributed by atoms with Crippen LogP contribution in [0.3, 0.4) is 0 Å². The van der Waals surface area contributed by atoms with Crippen LogP contribution >= 0.6 is 46.3 Å². The minimum atomic E-state index is -0.602. The van der Waals surface area contributed by atoms with E-state index in [1.54, 1.807) is 60.7 Å². The molecule has 0 spiro atoms. The molecule has 1 unspecified atom stereocenters. The molecule has 3 N–H and O–H groups in total. The Kier molecular flexibility index (Phi) is 11.7. The summed E-state index contributed by atoms with van der Waals surface area (Å²) in [7, 11) is 0. The highest BCUT2D eigenvalue weighted by Crippen LogP contribution is 2.38. The number of anilines is 2. The predicted molar refractivity (Wildman–Crippen MR) is 209 cm³/mol. The van der Waals surface area contributed by atoms with Gasteiger partial charge in [0.25, 0.3) is 11.8 Å². The number of aryl methyl sites for hydroxylation is 1. The van der Waals surface area contributed by atoms with E-state index in [9.17, 15) is 14.4 Å². The molecule has 3 amide bonds. The van der Waals surface area contributed by atoms with Crippen LogP contribution in [0.1, 0.15) is 32.3 Å². The highest BCUT2D eigenvalue weighted by Gasteiger charge is 2.24. The van der Waals surface area contributed by atoms with Crippen LogP contribution in [0.2, 0.25) is 10.0 Å². The number of thiazole rings is 1. The number of hydrogen-bond acceptors (Lipinski definition) is 6. The molecule has 7 nitrogen and oxygen atoms in total. The molecule has 0 saturated heterocycles. The second kappa shape index (κ2) is 16.7. The molecular formula is C40H30Cl2N4O3S2.